The van der Waals surface area contributed by atoms with E-state index in [2.05, 4.69) is 32.7 Å². The lowest BCUT2D eigenvalue weighted by Gasteiger charge is -2.37. The Balaban J connectivity index is 1.56. The highest BCUT2D eigenvalue weighted by Gasteiger charge is 2.30. The predicted octanol–water partition coefficient (Wildman–Crippen LogP) is 1.17. The van der Waals surface area contributed by atoms with E-state index in [1.54, 1.807) is 6.20 Å². The van der Waals surface area contributed by atoms with Crippen molar-refractivity contribution in [2.45, 2.75) is 19.4 Å². The van der Waals surface area contributed by atoms with Gasteiger partial charge in [-0.05, 0) is 25.1 Å². The largest absolute Gasteiger partial charge is 0.355 e. The van der Waals surface area contributed by atoms with Crippen LogP contribution in [0.4, 0.5) is 5.82 Å². The number of nitriles is 1. The zero-order valence-corrected chi connectivity index (χ0v) is 12.7. The summed E-state index contributed by atoms with van der Waals surface area (Å²) in [5.41, 5.74) is 0.630. The summed E-state index contributed by atoms with van der Waals surface area (Å²) in [6.07, 6.45) is 2.89. The summed E-state index contributed by atoms with van der Waals surface area (Å²) in [6, 6.07) is 6.60. The molecule has 112 valence electrons. The van der Waals surface area contributed by atoms with Gasteiger partial charge in [-0.2, -0.15) is 5.26 Å². The van der Waals surface area contributed by atoms with Crippen molar-refractivity contribution in [3.8, 4) is 6.07 Å². The van der Waals surface area contributed by atoms with Crippen LogP contribution in [0.5, 0.6) is 0 Å². The van der Waals surface area contributed by atoms with E-state index in [0.29, 0.717) is 11.6 Å². The molecule has 2 saturated heterocycles. The molecule has 1 unspecified atom stereocenters. The summed E-state index contributed by atoms with van der Waals surface area (Å²) in [4.78, 5) is 11.9. The van der Waals surface area contributed by atoms with Gasteiger partial charge in [-0.3, -0.25) is 4.90 Å². The standard InChI is InChI=1S/C16H23N5/c1-2-19-7-9-20(10-8-19)15-5-6-21(13-15)16-4-3-14(11-17)12-18-16/h3-4,12,15H,2,5-10,13H2,1H3. The first-order chi connectivity index (χ1) is 10.3. The van der Waals surface area contributed by atoms with E-state index >= 15 is 0 Å². The van der Waals surface area contributed by atoms with Gasteiger partial charge in [0.05, 0.1) is 5.56 Å². The van der Waals surface area contributed by atoms with E-state index in [4.69, 9.17) is 5.26 Å². The Bertz CT molecular complexity index is 498. The third-order valence-corrected chi connectivity index (χ3v) is 4.73. The second-order valence-electron chi connectivity index (χ2n) is 5.88. The molecule has 5 heteroatoms. The second kappa shape index (κ2) is 6.42. The number of hydrogen-bond donors (Lipinski definition) is 0. The minimum atomic E-state index is 0.630. The summed E-state index contributed by atoms with van der Waals surface area (Å²) in [6.45, 7) is 10.3. The van der Waals surface area contributed by atoms with Crippen LogP contribution in [0.2, 0.25) is 0 Å². The number of anilines is 1. The van der Waals surface area contributed by atoms with Crippen molar-refractivity contribution in [2.75, 3.05) is 50.7 Å². The summed E-state index contributed by atoms with van der Waals surface area (Å²) < 4.78 is 0. The highest BCUT2D eigenvalue weighted by molar-refractivity contribution is 5.43. The maximum Gasteiger partial charge on any atom is 0.128 e. The summed E-state index contributed by atoms with van der Waals surface area (Å²) in [5, 5.41) is 8.83. The Hall–Kier alpha value is -1.64. The van der Waals surface area contributed by atoms with Gasteiger partial charge in [0.1, 0.15) is 11.9 Å². The van der Waals surface area contributed by atoms with E-state index < -0.39 is 0 Å². The molecule has 0 aliphatic carbocycles. The van der Waals surface area contributed by atoms with Crippen LogP contribution in [0.25, 0.3) is 0 Å². The van der Waals surface area contributed by atoms with Crippen LogP contribution in [0.3, 0.4) is 0 Å². The Kier molecular flexibility index (Phi) is 4.37. The second-order valence-corrected chi connectivity index (χ2v) is 5.88. The van der Waals surface area contributed by atoms with Gasteiger partial charge in [0.2, 0.25) is 0 Å². The SMILES string of the molecule is CCN1CCN(C2CCN(c3ccc(C#N)cn3)C2)CC1. The monoisotopic (exact) mass is 285 g/mol. The van der Waals surface area contributed by atoms with Gasteiger partial charge in [0.25, 0.3) is 0 Å². The van der Waals surface area contributed by atoms with Crippen molar-refractivity contribution in [2.24, 2.45) is 0 Å². The molecule has 2 aliphatic heterocycles. The normalized spacial score (nSPS) is 24.2. The third kappa shape index (κ3) is 3.17. The van der Waals surface area contributed by atoms with Gasteiger partial charge < -0.3 is 9.80 Å². The average molecular weight is 285 g/mol. The predicted molar refractivity (Wildman–Crippen MR) is 83.3 cm³/mol. The first-order valence-corrected chi connectivity index (χ1v) is 7.87. The molecule has 2 fully saturated rings. The Labute approximate surface area is 126 Å². The van der Waals surface area contributed by atoms with E-state index in [-0.39, 0.29) is 0 Å². The van der Waals surface area contributed by atoms with Crippen LogP contribution < -0.4 is 4.90 Å². The zero-order chi connectivity index (χ0) is 14.7. The third-order valence-electron chi connectivity index (χ3n) is 4.73. The van der Waals surface area contributed by atoms with Gasteiger partial charge in [-0.15, -0.1) is 0 Å². The number of piperazine rings is 1. The van der Waals surface area contributed by atoms with Crippen LogP contribution in [0.15, 0.2) is 18.3 Å². The molecular weight excluding hydrogens is 262 g/mol. The van der Waals surface area contributed by atoms with Crippen LogP contribution >= 0.6 is 0 Å². The number of rotatable bonds is 3. The molecule has 1 aromatic rings. The van der Waals surface area contributed by atoms with Crippen molar-refractivity contribution in [3.05, 3.63) is 23.9 Å². The fourth-order valence-electron chi connectivity index (χ4n) is 3.33. The molecule has 21 heavy (non-hydrogen) atoms. The van der Waals surface area contributed by atoms with Crippen molar-refractivity contribution in [1.82, 2.24) is 14.8 Å². The van der Waals surface area contributed by atoms with Crippen molar-refractivity contribution < 1.29 is 0 Å². The molecule has 0 saturated carbocycles. The molecule has 0 spiro atoms. The molecule has 2 aliphatic rings. The molecular formula is C16H23N5. The van der Waals surface area contributed by atoms with Crippen LogP contribution in [0, 0.1) is 11.3 Å². The summed E-state index contributed by atoms with van der Waals surface area (Å²) >= 11 is 0. The lowest BCUT2D eigenvalue weighted by Crippen LogP contribution is -2.50. The molecule has 0 amide bonds. The first-order valence-electron chi connectivity index (χ1n) is 7.87. The fourth-order valence-corrected chi connectivity index (χ4v) is 3.33. The zero-order valence-electron chi connectivity index (χ0n) is 12.7. The van der Waals surface area contributed by atoms with Crippen molar-refractivity contribution >= 4 is 5.82 Å². The molecule has 3 heterocycles. The molecule has 1 aromatic heterocycles. The van der Waals surface area contributed by atoms with E-state index in [0.717, 1.165) is 18.9 Å². The fraction of sp³-hybridized carbons (Fsp3) is 0.625. The van der Waals surface area contributed by atoms with Crippen molar-refractivity contribution in [1.29, 1.82) is 5.26 Å². The summed E-state index contributed by atoms with van der Waals surface area (Å²) in [5.74, 6) is 1.00. The first kappa shape index (κ1) is 14.3. The maximum absolute atomic E-state index is 8.83. The molecule has 3 rings (SSSR count). The Morgan fingerprint density at radius 3 is 2.67 bits per heavy atom. The molecule has 5 nitrogen and oxygen atoms in total. The number of likely N-dealkylation sites (N-methyl/N-ethyl adjacent to an activating group) is 1. The van der Waals surface area contributed by atoms with Crippen LogP contribution in [0.1, 0.15) is 18.9 Å². The molecule has 0 aromatic carbocycles. The van der Waals surface area contributed by atoms with Crippen LogP contribution in [-0.2, 0) is 0 Å². The van der Waals surface area contributed by atoms with E-state index in [9.17, 15) is 0 Å². The van der Waals surface area contributed by atoms with Crippen LogP contribution in [-0.4, -0.2) is 66.6 Å². The van der Waals surface area contributed by atoms with Gasteiger partial charge in [-0.1, -0.05) is 6.92 Å². The minimum absolute atomic E-state index is 0.630. The Morgan fingerprint density at radius 1 is 1.24 bits per heavy atom. The number of pyridine rings is 1. The van der Waals surface area contributed by atoms with E-state index in [1.165, 1.54) is 39.1 Å². The van der Waals surface area contributed by atoms with E-state index in [1.807, 2.05) is 12.1 Å². The summed E-state index contributed by atoms with van der Waals surface area (Å²) in [7, 11) is 0. The Morgan fingerprint density at radius 2 is 2.05 bits per heavy atom. The molecule has 0 bridgehead atoms. The minimum Gasteiger partial charge on any atom is -0.355 e. The van der Waals surface area contributed by atoms with Crippen molar-refractivity contribution in [3.63, 3.8) is 0 Å². The van der Waals surface area contributed by atoms with Gasteiger partial charge in [0, 0.05) is 51.5 Å². The number of nitrogens with zero attached hydrogens (tertiary/aromatic N) is 5. The maximum atomic E-state index is 8.83. The van der Waals surface area contributed by atoms with Gasteiger partial charge in [0.15, 0.2) is 0 Å². The average Bonchev–Trinajstić information content (AvgIpc) is 3.05. The molecule has 0 N–H and O–H groups in total. The molecule has 1 atom stereocenters. The quantitative estimate of drug-likeness (QED) is 0.834. The van der Waals surface area contributed by atoms with Gasteiger partial charge in [-0.25, -0.2) is 4.98 Å². The smallest absolute Gasteiger partial charge is 0.128 e. The van der Waals surface area contributed by atoms with Gasteiger partial charge >= 0.3 is 0 Å². The molecule has 0 radical (unpaired) electrons. The topological polar surface area (TPSA) is 46.4 Å². The number of hydrogen-bond acceptors (Lipinski definition) is 5. The highest BCUT2D eigenvalue weighted by atomic mass is 15.3. The lowest BCUT2D eigenvalue weighted by molar-refractivity contribution is 0.107. The lowest BCUT2D eigenvalue weighted by atomic mass is 10.2. The highest BCUT2D eigenvalue weighted by Crippen LogP contribution is 2.22. The number of aromatic nitrogens is 1.